The average molecular weight is 655 g/mol. The van der Waals surface area contributed by atoms with E-state index in [1.54, 1.807) is 30.3 Å². The van der Waals surface area contributed by atoms with Crippen molar-refractivity contribution < 1.29 is 22.7 Å². The number of hydrogen-bond acceptors (Lipinski definition) is 7. The van der Waals surface area contributed by atoms with Gasteiger partial charge in [0, 0.05) is 16.0 Å². The number of aromatic nitrogens is 1. The van der Waals surface area contributed by atoms with Crippen LogP contribution in [0.25, 0.3) is 0 Å². The van der Waals surface area contributed by atoms with E-state index in [0.29, 0.717) is 10.8 Å². The molecular weight excluding hydrogens is 631 g/mol. The fraction of sp³-hybridized carbons (Fsp3) is 0.240. The smallest absolute Gasteiger partial charge is 0.259 e. The van der Waals surface area contributed by atoms with E-state index in [2.05, 4.69) is 43.5 Å². The molecule has 194 valence electrons. The fourth-order valence-corrected chi connectivity index (χ4v) is 4.99. The van der Waals surface area contributed by atoms with Gasteiger partial charge in [0.25, 0.3) is 11.8 Å². The summed E-state index contributed by atoms with van der Waals surface area (Å²) < 4.78 is 31.2. The molecule has 1 aromatic heterocycles. The number of hydrogen-bond donors (Lipinski definition) is 3. The first-order valence-electron chi connectivity index (χ1n) is 11.4. The van der Waals surface area contributed by atoms with E-state index in [9.17, 15) is 18.0 Å². The predicted molar refractivity (Wildman–Crippen MR) is 150 cm³/mol. The van der Waals surface area contributed by atoms with E-state index < -0.39 is 21.7 Å². The van der Waals surface area contributed by atoms with Crippen LogP contribution in [0, 0.1) is 3.57 Å². The number of carbonyl (C=O) groups excluding carboxylic acids is 2. The van der Waals surface area contributed by atoms with Crippen molar-refractivity contribution in [3.63, 3.8) is 0 Å². The Hall–Kier alpha value is -2.74. The highest BCUT2D eigenvalue weighted by molar-refractivity contribution is 14.1. The van der Waals surface area contributed by atoms with Crippen LogP contribution in [0.5, 0.6) is 5.75 Å². The van der Waals surface area contributed by atoms with Crippen LogP contribution in [0.15, 0.2) is 59.6 Å². The molecule has 1 fully saturated rings. The Kier molecular flexibility index (Phi) is 8.67. The summed E-state index contributed by atoms with van der Waals surface area (Å²) in [4.78, 5) is 30.5. The third-order valence-electron chi connectivity index (χ3n) is 5.65. The predicted octanol–water partition coefficient (Wildman–Crippen LogP) is 4.38. The number of rotatable bonds is 7. The lowest BCUT2D eigenvalue weighted by Gasteiger charge is -2.25. The van der Waals surface area contributed by atoms with Gasteiger partial charge in [-0.15, -0.1) is 0 Å². The van der Waals surface area contributed by atoms with Gasteiger partial charge < -0.3 is 20.7 Å². The van der Waals surface area contributed by atoms with Gasteiger partial charge in [0.1, 0.15) is 17.7 Å². The lowest BCUT2D eigenvalue weighted by molar-refractivity contribution is 0.101. The monoisotopic (exact) mass is 654 g/mol. The third-order valence-corrected chi connectivity index (χ3v) is 7.65. The molecule has 3 aromatic rings. The minimum absolute atomic E-state index is 0.0535. The first-order valence-corrected chi connectivity index (χ1v) is 14.7. The lowest BCUT2D eigenvalue weighted by atomic mass is 10.1. The molecule has 9 nitrogen and oxygen atoms in total. The van der Waals surface area contributed by atoms with E-state index in [1.165, 1.54) is 24.4 Å². The highest BCUT2D eigenvalue weighted by Gasteiger charge is 2.23. The highest BCUT2D eigenvalue weighted by atomic mass is 127. The van der Waals surface area contributed by atoms with Crippen LogP contribution < -0.4 is 20.7 Å². The second kappa shape index (κ2) is 11.8. The lowest BCUT2D eigenvalue weighted by Crippen LogP contribution is -2.34. The van der Waals surface area contributed by atoms with Crippen LogP contribution in [0.3, 0.4) is 0 Å². The molecule has 1 saturated heterocycles. The number of halogens is 2. The number of ether oxygens (including phenoxy) is 1. The molecule has 12 heteroatoms. The Morgan fingerprint density at radius 3 is 2.43 bits per heavy atom. The molecule has 2 aromatic carbocycles. The van der Waals surface area contributed by atoms with Crippen molar-refractivity contribution in [3.05, 3.63) is 74.4 Å². The molecule has 0 saturated carbocycles. The number of nitrogens with one attached hydrogen (secondary N) is 3. The molecule has 37 heavy (non-hydrogen) atoms. The van der Waals surface area contributed by atoms with Crippen molar-refractivity contribution in [1.29, 1.82) is 0 Å². The molecule has 2 amide bonds. The number of anilines is 2. The molecule has 1 aliphatic rings. The van der Waals surface area contributed by atoms with Gasteiger partial charge in [0.05, 0.1) is 26.7 Å². The molecule has 0 spiro atoms. The van der Waals surface area contributed by atoms with Crippen LogP contribution in [0.2, 0.25) is 5.02 Å². The zero-order valence-corrected chi connectivity index (χ0v) is 23.5. The van der Waals surface area contributed by atoms with Crippen molar-refractivity contribution in [2.45, 2.75) is 23.8 Å². The van der Waals surface area contributed by atoms with E-state index in [1.807, 2.05) is 0 Å². The van der Waals surface area contributed by atoms with Crippen LogP contribution in [-0.4, -0.2) is 50.7 Å². The van der Waals surface area contributed by atoms with Crippen molar-refractivity contribution in [1.82, 2.24) is 10.3 Å². The summed E-state index contributed by atoms with van der Waals surface area (Å²) >= 11 is 7.94. The van der Waals surface area contributed by atoms with Gasteiger partial charge in [0.2, 0.25) is 0 Å². The van der Waals surface area contributed by atoms with E-state index in [0.717, 1.165) is 35.8 Å². The summed E-state index contributed by atoms with van der Waals surface area (Å²) in [5.74, 6) is -0.528. The molecule has 0 atom stereocenters. The number of sulfone groups is 1. The third kappa shape index (κ3) is 7.18. The second-order valence-electron chi connectivity index (χ2n) is 8.46. The van der Waals surface area contributed by atoms with Gasteiger partial charge in [-0.25, -0.2) is 13.4 Å². The van der Waals surface area contributed by atoms with E-state index >= 15 is 0 Å². The Morgan fingerprint density at radius 1 is 1.03 bits per heavy atom. The standard InChI is InChI=1S/C25H24ClIN4O5S/c1-37(34,35)18-4-5-19(22(13-18)36-17-8-10-28-11-9-17)24(32)30-21-6-3-16(27)12-20(21)25(33)31-23-7-2-15(26)14-29-23/h2-7,12-14,17,28H,8-11H2,1H3,(H,30,32)(H,29,31,33). The van der Waals surface area contributed by atoms with Crippen molar-refractivity contribution in [3.8, 4) is 5.75 Å². The molecule has 4 rings (SSSR count). The topological polar surface area (TPSA) is 126 Å². The summed E-state index contributed by atoms with van der Waals surface area (Å²) in [5.41, 5.74) is 0.665. The average Bonchev–Trinajstić information content (AvgIpc) is 2.86. The van der Waals surface area contributed by atoms with Crippen molar-refractivity contribution in [2.24, 2.45) is 0 Å². The maximum absolute atomic E-state index is 13.4. The SMILES string of the molecule is CS(=O)(=O)c1ccc(C(=O)Nc2ccc(I)cc2C(=O)Nc2ccc(Cl)cn2)c(OC2CCNCC2)c1. The molecule has 3 N–H and O–H groups in total. The van der Waals surface area contributed by atoms with Gasteiger partial charge in [0.15, 0.2) is 9.84 Å². The van der Waals surface area contributed by atoms with Crippen molar-refractivity contribution >= 4 is 67.3 Å². The Morgan fingerprint density at radius 2 is 1.76 bits per heavy atom. The Balaban J connectivity index is 1.62. The van der Waals surface area contributed by atoms with Gasteiger partial charge >= 0.3 is 0 Å². The van der Waals surface area contributed by atoms with Gasteiger partial charge in [-0.1, -0.05) is 11.6 Å². The van der Waals surface area contributed by atoms with Crippen LogP contribution in [0.4, 0.5) is 11.5 Å². The van der Waals surface area contributed by atoms with E-state index in [4.69, 9.17) is 16.3 Å². The van der Waals surface area contributed by atoms with Gasteiger partial charge in [-0.3, -0.25) is 9.59 Å². The molecular formula is C25H24ClIN4O5S. The minimum atomic E-state index is -3.51. The highest BCUT2D eigenvalue weighted by Crippen LogP contribution is 2.28. The normalized spacial score (nSPS) is 14.1. The zero-order chi connectivity index (χ0) is 26.6. The number of benzene rings is 2. The van der Waals surface area contributed by atoms with Crippen LogP contribution in [0.1, 0.15) is 33.6 Å². The largest absolute Gasteiger partial charge is 0.489 e. The summed E-state index contributed by atoms with van der Waals surface area (Å²) in [6.07, 6.45) is 3.81. The molecule has 0 radical (unpaired) electrons. The Bertz CT molecular complexity index is 1430. The summed E-state index contributed by atoms with van der Waals surface area (Å²) in [6, 6.07) is 12.4. The van der Waals surface area contributed by atoms with Crippen LogP contribution in [-0.2, 0) is 9.84 Å². The number of amides is 2. The number of nitrogens with zero attached hydrogens (tertiary/aromatic N) is 1. The molecule has 0 unspecified atom stereocenters. The fourth-order valence-electron chi connectivity index (χ4n) is 3.75. The van der Waals surface area contributed by atoms with Gasteiger partial charge in [-0.2, -0.15) is 0 Å². The number of pyridine rings is 1. The maximum Gasteiger partial charge on any atom is 0.259 e. The van der Waals surface area contributed by atoms with E-state index in [-0.39, 0.29) is 33.6 Å². The van der Waals surface area contributed by atoms with Crippen LogP contribution >= 0.6 is 34.2 Å². The zero-order valence-electron chi connectivity index (χ0n) is 19.8. The first kappa shape index (κ1) is 27.3. The second-order valence-corrected chi connectivity index (χ2v) is 12.2. The number of piperidine rings is 1. The van der Waals surface area contributed by atoms with Crippen molar-refractivity contribution in [2.75, 3.05) is 30.0 Å². The molecule has 0 aliphatic carbocycles. The molecule has 2 heterocycles. The summed E-state index contributed by atoms with van der Waals surface area (Å²) in [5, 5.41) is 9.15. The molecule has 1 aliphatic heterocycles. The molecule has 0 bridgehead atoms. The minimum Gasteiger partial charge on any atom is -0.489 e. The maximum atomic E-state index is 13.4. The first-order chi connectivity index (χ1) is 17.6. The van der Waals surface area contributed by atoms with Gasteiger partial charge in [-0.05, 0) is 97.1 Å². The summed E-state index contributed by atoms with van der Waals surface area (Å²) in [7, 11) is -3.51. The number of carbonyl (C=O) groups is 2. The Labute approximate surface area is 233 Å². The quantitative estimate of drug-likeness (QED) is 0.323. The summed E-state index contributed by atoms with van der Waals surface area (Å²) in [6.45, 7) is 1.53.